The summed E-state index contributed by atoms with van der Waals surface area (Å²) in [4.78, 5) is 27.7. The molecule has 2 aromatic heterocycles. The molecule has 0 bridgehead atoms. The maximum Gasteiger partial charge on any atom is 0.263 e. The molecular formula is C22H22F2N8O3. The number of carbonyl (C=O) groups is 2. The largest absolute Gasteiger partial charge is 0.470 e. The Morgan fingerprint density at radius 1 is 1.09 bits per heavy atom. The Morgan fingerprint density at radius 2 is 1.89 bits per heavy atom. The fraction of sp³-hybridized carbons (Fsp3) is 0.364. The van der Waals surface area contributed by atoms with Crippen LogP contribution in [0.1, 0.15) is 23.4 Å². The zero-order valence-corrected chi connectivity index (χ0v) is 18.8. The molecular weight excluding hydrogens is 462 g/mol. The number of benzene rings is 1. The third-order valence-electron chi connectivity index (χ3n) is 6.07. The number of amides is 2. The average molecular weight is 484 g/mol. The predicted octanol–water partition coefficient (Wildman–Crippen LogP) is 1.03. The third-order valence-corrected chi connectivity index (χ3v) is 6.07. The molecule has 4 heterocycles. The fourth-order valence-electron chi connectivity index (χ4n) is 4.11. The van der Waals surface area contributed by atoms with Gasteiger partial charge in [0.2, 0.25) is 17.7 Å². The smallest absolute Gasteiger partial charge is 0.263 e. The summed E-state index contributed by atoms with van der Waals surface area (Å²) in [5, 5.41) is 19.1. The Bertz CT molecular complexity index is 1230. The number of carbonyl (C=O) groups excluding carboxylic acids is 2. The van der Waals surface area contributed by atoms with Gasteiger partial charge in [0.05, 0.1) is 17.9 Å². The molecule has 3 aromatic rings. The lowest BCUT2D eigenvalue weighted by Crippen LogP contribution is -2.66. The quantitative estimate of drug-likeness (QED) is 0.551. The van der Waals surface area contributed by atoms with Gasteiger partial charge in [0.1, 0.15) is 18.3 Å². The van der Waals surface area contributed by atoms with E-state index in [-0.39, 0.29) is 36.4 Å². The molecule has 35 heavy (non-hydrogen) atoms. The van der Waals surface area contributed by atoms with Crippen molar-refractivity contribution in [2.24, 2.45) is 0 Å². The second-order valence-corrected chi connectivity index (χ2v) is 8.21. The van der Waals surface area contributed by atoms with Crippen LogP contribution in [0, 0.1) is 6.92 Å². The number of fused-ring (bicyclic) bond motifs is 1. The molecule has 0 aliphatic carbocycles. The maximum atomic E-state index is 12.8. The molecule has 0 spiro atoms. The molecule has 182 valence electrons. The highest BCUT2D eigenvalue weighted by molar-refractivity contribution is 5.95. The van der Waals surface area contributed by atoms with E-state index in [2.05, 4.69) is 25.8 Å². The number of rotatable bonds is 6. The van der Waals surface area contributed by atoms with Gasteiger partial charge in [-0.2, -0.15) is 0 Å². The number of anilines is 1. The number of aromatic nitrogens is 5. The average Bonchev–Trinajstić information content (AvgIpc) is 3.25. The number of ether oxygens (including phenoxy) is 1. The number of nitrogens with one attached hydrogen (secondary N) is 1. The van der Waals surface area contributed by atoms with Gasteiger partial charge in [0.15, 0.2) is 5.82 Å². The number of halogens is 2. The minimum Gasteiger partial charge on any atom is -0.470 e. The molecule has 1 N–H and O–H groups in total. The number of hydrogen-bond donors (Lipinski definition) is 1. The van der Waals surface area contributed by atoms with Gasteiger partial charge in [-0.1, -0.05) is 17.3 Å². The summed E-state index contributed by atoms with van der Waals surface area (Å²) in [7, 11) is 0. The highest BCUT2D eigenvalue weighted by Crippen LogP contribution is 2.23. The van der Waals surface area contributed by atoms with E-state index in [0.29, 0.717) is 42.5 Å². The van der Waals surface area contributed by atoms with E-state index in [4.69, 9.17) is 4.74 Å². The topological polar surface area (TPSA) is 118 Å². The van der Waals surface area contributed by atoms with Gasteiger partial charge in [0, 0.05) is 31.3 Å². The van der Waals surface area contributed by atoms with Crippen LogP contribution < -0.4 is 15.0 Å². The van der Waals surface area contributed by atoms with Crippen molar-refractivity contribution in [3.8, 4) is 11.6 Å². The minimum absolute atomic E-state index is 0.0378. The number of hydrogen-bond acceptors (Lipinski definition) is 8. The molecule has 2 saturated heterocycles. The van der Waals surface area contributed by atoms with Crippen LogP contribution in [0.4, 0.5) is 14.6 Å². The lowest BCUT2D eigenvalue weighted by atomic mass is 10.1. The molecule has 2 fully saturated rings. The van der Waals surface area contributed by atoms with Gasteiger partial charge in [-0.05, 0) is 25.1 Å². The Balaban J connectivity index is 1.25. The monoisotopic (exact) mass is 484 g/mol. The first-order chi connectivity index (χ1) is 16.9. The standard InChI is InChI=1S/C22H22F2N8O3/c1-13-17(32(29-26-13)15-4-2-14(3-5-15)21(23)24)12-35-19-7-6-18(27-28-19)30-8-9-31-16(11-30)22(34)25-10-20(31)33/h2-7,16,21H,8-12H2,1H3,(H,25,34)/t16-/m1/s1. The Morgan fingerprint density at radius 3 is 2.60 bits per heavy atom. The van der Waals surface area contributed by atoms with E-state index in [1.165, 1.54) is 16.8 Å². The van der Waals surface area contributed by atoms with Crippen LogP contribution in [0.5, 0.6) is 5.88 Å². The van der Waals surface area contributed by atoms with E-state index < -0.39 is 12.5 Å². The normalized spacial score (nSPS) is 18.0. The Kier molecular flexibility index (Phi) is 5.97. The SMILES string of the molecule is Cc1nnn(-c2ccc(C(F)F)cc2)c1COc1ccc(N2CCN3C(=O)CNC(=O)[C@H]3C2)nn1. The van der Waals surface area contributed by atoms with Crippen LogP contribution in [0.2, 0.25) is 0 Å². The number of alkyl halides is 2. The van der Waals surface area contributed by atoms with Gasteiger partial charge < -0.3 is 19.9 Å². The lowest BCUT2D eigenvalue weighted by molar-refractivity contribution is -0.146. The summed E-state index contributed by atoms with van der Waals surface area (Å²) >= 11 is 0. The van der Waals surface area contributed by atoms with E-state index >= 15 is 0 Å². The van der Waals surface area contributed by atoms with Crippen molar-refractivity contribution in [3.63, 3.8) is 0 Å². The highest BCUT2D eigenvalue weighted by Gasteiger charge is 2.39. The third kappa shape index (κ3) is 4.48. The molecule has 5 rings (SSSR count). The number of aryl methyl sites for hydroxylation is 1. The van der Waals surface area contributed by atoms with E-state index in [1.54, 1.807) is 36.1 Å². The summed E-state index contributed by atoms with van der Waals surface area (Å²) in [5.74, 6) is 0.590. The molecule has 0 unspecified atom stereocenters. The molecule has 0 saturated carbocycles. The zero-order valence-electron chi connectivity index (χ0n) is 18.8. The van der Waals surface area contributed by atoms with E-state index in [1.807, 2.05) is 4.90 Å². The van der Waals surface area contributed by atoms with Crippen molar-refractivity contribution in [1.82, 2.24) is 35.4 Å². The predicted molar refractivity (Wildman–Crippen MR) is 118 cm³/mol. The number of piperazine rings is 2. The first kappa shape index (κ1) is 22.6. The molecule has 1 atom stereocenters. The van der Waals surface area contributed by atoms with E-state index in [9.17, 15) is 18.4 Å². The van der Waals surface area contributed by atoms with Gasteiger partial charge in [0.25, 0.3) is 6.43 Å². The van der Waals surface area contributed by atoms with Crippen LogP contribution in [0.15, 0.2) is 36.4 Å². The van der Waals surface area contributed by atoms with Crippen LogP contribution in [-0.4, -0.2) is 74.1 Å². The van der Waals surface area contributed by atoms with Crippen LogP contribution in [0.25, 0.3) is 5.69 Å². The first-order valence-electron chi connectivity index (χ1n) is 11.0. The maximum absolute atomic E-state index is 12.8. The van der Waals surface area contributed by atoms with Crippen molar-refractivity contribution in [2.45, 2.75) is 26.0 Å². The van der Waals surface area contributed by atoms with Crippen molar-refractivity contribution in [2.75, 3.05) is 31.1 Å². The van der Waals surface area contributed by atoms with Crippen LogP contribution in [-0.2, 0) is 16.2 Å². The van der Waals surface area contributed by atoms with Crippen molar-refractivity contribution >= 4 is 17.6 Å². The fourth-order valence-corrected chi connectivity index (χ4v) is 4.11. The molecule has 1 aromatic carbocycles. The lowest BCUT2D eigenvalue weighted by Gasteiger charge is -2.43. The molecule has 0 radical (unpaired) electrons. The second kappa shape index (κ2) is 9.24. The summed E-state index contributed by atoms with van der Waals surface area (Å²) in [5.41, 5.74) is 1.78. The summed E-state index contributed by atoms with van der Waals surface area (Å²) in [6, 6.07) is 8.65. The molecule has 13 heteroatoms. The molecule has 11 nitrogen and oxygen atoms in total. The van der Waals surface area contributed by atoms with Crippen molar-refractivity contribution in [1.29, 1.82) is 0 Å². The van der Waals surface area contributed by atoms with Gasteiger partial charge in [-0.3, -0.25) is 9.59 Å². The van der Waals surface area contributed by atoms with Gasteiger partial charge in [-0.15, -0.1) is 15.3 Å². The zero-order chi connectivity index (χ0) is 24.5. The highest BCUT2D eigenvalue weighted by atomic mass is 19.3. The summed E-state index contributed by atoms with van der Waals surface area (Å²) in [6.45, 7) is 3.21. The molecule has 2 amide bonds. The van der Waals surface area contributed by atoms with Gasteiger partial charge >= 0.3 is 0 Å². The summed E-state index contributed by atoms with van der Waals surface area (Å²) < 4.78 is 33.0. The van der Waals surface area contributed by atoms with Crippen molar-refractivity contribution in [3.05, 3.63) is 53.3 Å². The van der Waals surface area contributed by atoms with Crippen molar-refractivity contribution < 1.29 is 23.1 Å². The minimum atomic E-state index is -2.54. The van der Waals surface area contributed by atoms with E-state index in [0.717, 1.165) is 0 Å². The molecule has 2 aliphatic heterocycles. The number of nitrogens with zero attached hydrogens (tertiary/aromatic N) is 7. The first-order valence-corrected chi connectivity index (χ1v) is 11.0. The molecule has 2 aliphatic rings. The second-order valence-electron chi connectivity index (χ2n) is 8.21. The summed E-state index contributed by atoms with van der Waals surface area (Å²) in [6.07, 6.45) is -2.54. The Labute approximate surface area is 198 Å². The van der Waals surface area contributed by atoms with Crippen LogP contribution in [0.3, 0.4) is 0 Å². The van der Waals surface area contributed by atoms with Crippen LogP contribution >= 0.6 is 0 Å². The Hall–Kier alpha value is -4.16. The van der Waals surface area contributed by atoms with Gasteiger partial charge in [-0.25, -0.2) is 13.5 Å².